The second-order valence-corrected chi connectivity index (χ2v) is 8.24. The molecule has 9 nitrogen and oxygen atoms in total. The minimum Gasteiger partial charge on any atom is -0.497 e. The Kier molecular flexibility index (Phi) is 7.16. The first-order valence-electron chi connectivity index (χ1n) is 10.6. The molecule has 2 aromatic heterocycles. The Morgan fingerprint density at radius 1 is 1.05 bits per heavy atom. The molecule has 4 aromatic rings. The number of aromatic nitrogens is 2. The monoisotopic (exact) mass is 533 g/mol. The maximum absolute atomic E-state index is 13.4. The number of anilines is 1. The van der Waals surface area contributed by atoms with Crippen molar-refractivity contribution in [2.75, 3.05) is 19.0 Å². The van der Waals surface area contributed by atoms with Gasteiger partial charge in [0.25, 0.3) is 11.5 Å². The second-order valence-electron chi connectivity index (χ2n) is 7.36. The van der Waals surface area contributed by atoms with Crippen LogP contribution in [-0.2, 0) is 4.74 Å². The van der Waals surface area contributed by atoms with Crippen LogP contribution in [0.1, 0.15) is 27.8 Å². The van der Waals surface area contributed by atoms with Crippen molar-refractivity contribution in [2.24, 2.45) is 0 Å². The average Bonchev–Trinajstić information content (AvgIpc) is 3.28. The number of fused-ring (bicyclic) bond motifs is 1. The van der Waals surface area contributed by atoms with Crippen LogP contribution in [0.5, 0.6) is 11.5 Å². The number of thiophene rings is 1. The summed E-state index contributed by atoms with van der Waals surface area (Å²) in [6, 6.07) is 10.6. The number of carbonyl (C=O) groups is 2. The highest BCUT2D eigenvalue weighted by Crippen LogP contribution is 2.31. The van der Waals surface area contributed by atoms with Crippen LogP contribution in [-0.4, -0.2) is 41.7 Å². The van der Waals surface area contributed by atoms with Crippen LogP contribution in [0.25, 0.3) is 16.5 Å². The number of halogens is 3. The van der Waals surface area contributed by atoms with E-state index in [4.69, 9.17) is 9.47 Å². The first-order valence-corrected chi connectivity index (χ1v) is 11.5. The number of ether oxygens (including phenoxy) is 3. The molecular weight excluding hydrogens is 515 g/mol. The molecule has 13 heteroatoms. The Hall–Kier alpha value is -4.39. The van der Waals surface area contributed by atoms with E-state index >= 15 is 0 Å². The van der Waals surface area contributed by atoms with Crippen molar-refractivity contribution in [3.63, 3.8) is 0 Å². The van der Waals surface area contributed by atoms with Gasteiger partial charge in [0.1, 0.15) is 16.5 Å². The van der Waals surface area contributed by atoms with Crippen LogP contribution in [0.3, 0.4) is 0 Å². The van der Waals surface area contributed by atoms with Gasteiger partial charge < -0.3 is 19.5 Å². The van der Waals surface area contributed by atoms with E-state index in [-0.39, 0.29) is 33.8 Å². The van der Waals surface area contributed by atoms with Crippen LogP contribution in [0, 0.1) is 0 Å². The van der Waals surface area contributed by atoms with Gasteiger partial charge in [-0.2, -0.15) is 9.78 Å². The normalized spacial score (nSPS) is 11.3. The molecule has 0 radical (unpaired) electrons. The summed E-state index contributed by atoms with van der Waals surface area (Å²) in [6.07, 6.45) is -4.89. The fraction of sp³-hybridized carbons (Fsp3) is 0.167. The largest absolute Gasteiger partial charge is 0.573 e. The van der Waals surface area contributed by atoms with Crippen LogP contribution in [0.4, 0.5) is 18.2 Å². The Morgan fingerprint density at radius 3 is 2.30 bits per heavy atom. The number of benzene rings is 2. The van der Waals surface area contributed by atoms with Crippen LogP contribution < -0.4 is 20.3 Å². The highest BCUT2D eigenvalue weighted by Gasteiger charge is 2.31. The third kappa shape index (κ3) is 5.56. The number of nitrogens with zero attached hydrogens (tertiary/aromatic N) is 2. The van der Waals surface area contributed by atoms with E-state index in [0.29, 0.717) is 11.3 Å². The number of rotatable bonds is 7. The van der Waals surface area contributed by atoms with Crippen molar-refractivity contribution in [3.8, 4) is 17.2 Å². The van der Waals surface area contributed by atoms with E-state index in [1.165, 1.54) is 24.6 Å². The lowest BCUT2D eigenvalue weighted by atomic mass is 10.2. The summed E-state index contributed by atoms with van der Waals surface area (Å²) in [5.74, 6) is -1.28. The zero-order chi connectivity index (χ0) is 26.7. The third-order valence-electron chi connectivity index (χ3n) is 5.02. The molecular formula is C24H18F3N3O6S. The van der Waals surface area contributed by atoms with Gasteiger partial charge in [0.2, 0.25) is 0 Å². The summed E-state index contributed by atoms with van der Waals surface area (Å²) in [7, 11) is 1.49. The Bertz CT molecular complexity index is 1510. The molecule has 1 amide bonds. The summed E-state index contributed by atoms with van der Waals surface area (Å²) in [5.41, 5.74) is -0.555. The molecule has 2 heterocycles. The quantitative estimate of drug-likeness (QED) is 0.341. The van der Waals surface area contributed by atoms with E-state index in [0.717, 1.165) is 28.2 Å². The fourth-order valence-electron chi connectivity index (χ4n) is 3.37. The minimum absolute atomic E-state index is 0.0134. The van der Waals surface area contributed by atoms with Gasteiger partial charge in [0.15, 0.2) is 5.69 Å². The predicted molar refractivity (Wildman–Crippen MR) is 129 cm³/mol. The van der Waals surface area contributed by atoms with Crippen molar-refractivity contribution >= 4 is 39.0 Å². The molecule has 2 aromatic carbocycles. The van der Waals surface area contributed by atoms with Gasteiger partial charge in [0, 0.05) is 16.3 Å². The number of nitrogens with one attached hydrogen (secondary N) is 1. The summed E-state index contributed by atoms with van der Waals surface area (Å²) in [4.78, 5) is 38.9. The molecule has 0 bridgehead atoms. The SMILES string of the molecule is CCOC(=O)c1nn(-c2ccc(OC(F)(F)F)cc2)c(=O)c2c(NC(=O)c3ccc(OC)cc3)scc12. The van der Waals surface area contributed by atoms with E-state index in [1.54, 1.807) is 31.2 Å². The van der Waals surface area contributed by atoms with Crippen molar-refractivity contribution < 1.29 is 37.0 Å². The maximum atomic E-state index is 13.4. The van der Waals surface area contributed by atoms with Crippen LogP contribution in [0.2, 0.25) is 0 Å². The van der Waals surface area contributed by atoms with E-state index in [2.05, 4.69) is 15.2 Å². The maximum Gasteiger partial charge on any atom is 0.573 e. The molecule has 0 atom stereocenters. The number of hydrogen-bond acceptors (Lipinski definition) is 8. The van der Waals surface area contributed by atoms with Crippen LogP contribution >= 0.6 is 11.3 Å². The molecule has 4 rings (SSSR count). The van der Waals surface area contributed by atoms with Crippen molar-refractivity contribution in [1.29, 1.82) is 0 Å². The Morgan fingerprint density at radius 2 is 1.70 bits per heavy atom. The van der Waals surface area contributed by atoms with Gasteiger partial charge in [-0.25, -0.2) is 4.79 Å². The van der Waals surface area contributed by atoms with Gasteiger partial charge in [-0.1, -0.05) is 0 Å². The first-order chi connectivity index (χ1) is 17.6. The predicted octanol–water partition coefficient (Wildman–Crippen LogP) is 4.78. The molecule has 192 valence electrons. The summed E-state index contributed by atoms with van der Waals surface area (Å²) in [6.45, 7) is 1.63. The molecule has 0 aliphatic carbocycles. The highest BCUT2D eigenvalue weighted by molar-refractivity contribution is 7.16. The molecule has 0 aliphatic heterocycles. The zero-order valence-electron chi connectivity index (χ0n) is 19.3. The number of alkyl halides is 3. The summed E-state index contributed by atoms with van der Waals surface area (Å²) >= 11 is 1.01. The van der Waals surface area contributed by atoms with Gasteiger partial charge in [0.05, 0.1) is 24.8 Å². The van der Waals surface area contributed by atoms with Crippen molar-refractivity contribution in [2.45, 2.75) is 13.3 Å². The Balaban J connectivity index is 1.79. The number of hydrogen-bond donors (Lipinski definition) is 1. The molecule has 1 N–H and O–H groups in total. The number of carbonyl (C=O) groups excluding carboxylic acids is 2. The van der Waals surface area contributed by atoms with Gasteiger partial charge in [-0.3, -0.25) is 9.59 Å². The molecule has 0 spiro atoms. The number of amides is 1. The summed E-state index contributed by atoms with van der Waals surface area (Å²) in [5, 5.41) is 8.57. The lowest BCUT2D eigenvalue weighted by Gasteiger charge is -2.12. The minimum atomic E-state index is -4.89. The molecule has 0 unspecified atom stereocenters. The van der Waals surface area contributed by atoms with E-state index < -0.39 is 29.5 Å². The van der Waals surface area contributed by atoms with Crippen LogP contribution in [0.15, 0.2) is 58.7 Å². The Labute approximate surface area is 211 Å². The average molecular weight is 533 g/mol. The molecule has 0 saturated heterocycles. The van der Waals surface area contributed by atoms with Gasteiger partial charge >= 0.3 is 12.3 Å². The zero-order valence-corrected chi connectivity index (χ0v) is 20.1. The first kappa shape index (κ1) is 25.7. The lowest BCUT2D eigenvalue weighted by Crippen LogP contribution is -2.25. The van der Waals surface area contributed by atoms with Crippen molar-refractivity contribution in [1.82, 2.24) is 9.78 Å². The molecule has 0 saturated carbocycles. The number of methoxy groups -OCH3 is 1. The summed E-state index contributed by atoms with van der Waals surface area (Å²) < 4.78 is 52.4. The molecule has 0 fully saturated rings. The van der Waals surface area contributed by atoms with E-state index in [9.17, 15) is 27.6 Å². The van der Waals surface area contributed by atoms with E-state index in [1.807, 2.05) is 0 Å². The van der Waals surface area contributed by atoms with Gasteiger partial charge in [-0.05, 0) is 55.5 Å². The fourth-order valence-corrected chi connectivity index (χ4v) is 4.31. The van der Waals surface area contributed by atoms with Gasteiger partial charge in [-0.15, -0.1) is 24.5 Å². The topological polar surface area (TPSA) is 109 Å². The standard InChI is InChI=1S/C24H18F3N3O6S/c1-3-35-23(33)19-17-12-37-21(28-20(31)13-4-8-15(34-2)9-5-13)18(17)22(32)30(29-19)14-6-10-16(11-7-14)36-24(25,26)27/h4-12H,3H2,1-2H3,(H,28,31). The smallest absolute Gasteiger partial charge is 0.497 e. The highest BCUT2D eigenvalue weighted by atomic mass is 32.1. The lowest BCUT2D eigenvalue weighted by molar-refractivity contribution is -0.274. The number of esters is 1. The molecule has 37 heavy (non-hydrogen) atoms. The van der Waals surface area contributed by atoms with Crippen molar-refractivity contribution in [3.05, 3.63) is 75.5 Å². The second kappa shape index (κ2) is 10.3. The molecule has 0 aliphatic rings. The third-order valence-corrected chi connectivity index (χ3v) is 5.91.